The fourth-order valence-corrected chi connectivity index (χ4v) is 3.98. The quantitative estimate of drug-likeness (QED) is 0.749. The van der Waals surface area contributed by atoms with Crippen LogP contribution < -0.4 is 0 Å². The Labute approximate surface area is 148 Å². The van der Waals surface area contributed by atoms with E-state index in [2.05, 4.69) is 10.1 Å². The summed E-state index contributed by atoms with van der Waals surface area (Å²) < 4.78 is 6.81. The van der Waals surface area contributed by atoms with Crippen molar-refractivity contribution in [2.75, 3.05) is 39.9 Å². The third-order valence-corrected chi connectivity index (χ3v) is 5.35. The first-order valence-electron chi connectivity index (χ1n) is 8.99. The molecule has 8 heteroatoms. The van der Waals surface area contributed by atoms with Gasteiger partial charge in [0.05, 0.1) is 13.2 Å². The molecule has 3 rings (SSSR count). The van der Waals surface area contributed by atoms with E-state index in [1.165, 1.54) is 6.33 Å². The number of carbonyl (C=O) groups excluding carboxylic acids is 2. The lowest BCUT2D eigenvalue weighted by molar-refractivity contribution is -0.143. The van der Waals surface area contributed by atoms with Crippen molar-refractivity contribution >= 4 is 11.8 Å². The van der Waals surface area contributed by atoms with E-state index in [4.69, 9.17) is 4.74 Å². The first-order chi connectivity index (χ1) is 12.1. The van der Waals surface area contributed by atoms with E-state index < -0.39 is 0 Å². The highest BCUT2D eigenvalue weighted by Crippen LogP contribution is 2.39. The molecule has 2 aliphatic rings. The molecule has 0 aliphatic carbocycles. The molecule has 1 aromatic heterocycles. The highest BCUT2D eigenvalue weighted by molar-refractivity contribution is 5.78. The van der Waals surface area contributed by atoms with Crippen LogP contribution in [0.5, 0.6) is 0 Å². The number of amides is 2. The van der Waals surface area contributed by atoms with Gasteiger partial charge in [-0.15, -0.1) is 0 Å². The average Bonchev–Trinajstić information content (AvgIpc) is 3.14. The van der Waals surface area contributed by atoms with Gasteiger partial charge in [-0.25, -0.2) is 4.98 Å². The summed E-state index contributed by atoms with van der Waals surface area (Å²) in [6, 6.07) is 0. The molecule has 0 saturated carbocycles. The Kier molecular flexibility index (Phi) is 5.67. The van der Waals surface area contributed by atoms with Gasteiger partial charge in [0.25, 0.3) is 0 Å². The summed E-state index contributed by atoms with van der Waals surface area (Å²) in [6.07, 6.45) is 7.08. The van der Waals surface area contributed by atoms with Gasteiger partial charge in [0.15, 0.2) is 0 Å². The second-order valence-corrected chi connectivity index (χ2v) is 7.14. The van der Waals surface area contributed by atoms with Crippen LogP contribution in [0.25, 0.3) is 0 Å². The van der Waals surface area contributed by atoms with E-state index in [1.54, 1.807) is 18.1 Å². The minimum Gasteiger partial charge on any atom is -0.383 e. The van der Waals surface area contributed by atoms with Crippen LogP contribution in [0.2, 0.25) is 0 Å². The van der Waals surface area contributed by atoms with E-state index >= 15 is 0 Å². The number of likely N-dealkylation sites (tertiary alicyclic amines) is 2. The van der Waals surface area contributed by atoms with Crippen LogP contribution in [0, 0.1) is 5.41 Å². The minimum atomic E-state index is 0.0445. The molecule has 2 aliphatic heterocycles. The topological polar surface area (TPSA) is 80.6 Å². The molecule has 0 unspecified atom stereocenters. The van der Waals surface area contributed by atoms with Gasteiger partial charge in [-0.1, -0.05) is 0 Å². The monoisotopic (exact) mass is 349 g/mol. The van der Waals surface area contributed by atoms with Crippen LogP contribution in [-0.4, -0.2) is 76.3 Å². The molecule has 2 saturated heterocycles. The molecule has 2 amide bonds. The lowest BCUT2D eigenvalue weighted by atomic mass is 9.73. The molecule has 1 aromatic rings. The second kappa shape index (κ2) is 7.95. The number of carbonyl (C=O) groups is 2. The number of nitrogens with zero attached hydrogens (tertiary/aromatic N) is 5. The van der Waals surface area contributed by atoms with Crippen molar-refractivity contribution in [3.8, 4) is 0 Å². The van der Waals surface area contributed by atoms with Gasteiger partial charge in [0, 0.05) is 51.5 Å². The number of piperidine rings is 2. The summed E-state index contributed by atoms with van der Waals surface area (Å²) in [4.78, 5) is 32.5. The molecule has 2 fully saturated rings. The molecule has 0 aromatic carbocycles. The average molecular weight is 349 g/mol. The fourth-order valence-electron chi connectivity index (χ4n) is 3.98. The summed E-state index contributed by atoms with van der Waals surface area (Å²) in [5.41, 5.74) is 0.0445. The Balaban J connectivity index is 1.57. The molecule has 138 valence electrons. The summed E-state index contributed by atoms with van der Waals surface area (Å²) in [7, 11) is 1.65. The number of ether oxygens (including phenoxy) is 1. The molecule has 8 nitrogen and oxygen atoms in total. The lowest BCUT2D eigenvalue weighted by Crippen LogP contribution is -2.55. The zero-order valence-corrected chi connectivity index (χ0v) is 14.9. The van der Waals surface area contributed by atoms with Gasteiger partial charge < -0.3 is 14.5 Å². The maximum atomic E-state index is 12.6. The van der Waals surface area contributed by atoms with E-state index in [-0.39, 0.29) is 17.2 Å². The van der Waals surface area contributed by atoms with Crippen LogP contribution in [0.3, 0.4) is 0 Å². The van der Waals surface area contributed by atoms with Crippen LogP contribution in [0.15, 0.2) is 12.7 Å². The van der Waals surface area contributed by atoms with Crippen molar-refractivity contribution in [1.29, 1.82) is 0 Å². The number of rotatable bonds is 6. The molecule has 0 bridgehead atoms. The minimum absolute atomic E-state index is 0.0445. The van der Waals surface area contributed by atoms with E-state index in [0.717, 1.165) is 38.9 Å². The van der Waals surface area contributed by atoms with Crippen LogP contribution in [-0.2, 0) is 20.9 Å². The maximum Gasteiger partial charge on any atom is 0.224 e. The van der Waals surface area contributed by atoms with Crippen molar-refractivity contribution in [1.82, 2.24) is 24.6 Å². The second-order valence-electron chi connectivity index (χ2n) is 7.14. The Hall–Kier alpha value is -1.96. The van der Waals surface area contributed by atoms with Gasteiger partial charge in [0.1, 0.15) is 12.7 Å². The third kappa shape index (κ3) is 4.36. The van der Waals surface area contributed by atoms with Gasteiger partial charge in [0.2, 0.25) is 11.8 Å². The van der Waals surface area contributed by atoms with Crippen LogP contribution in [0.1, 0.15) is 32.1 Å². The SMILES string of the molecule is COCCN1C[C@@]2(CCCN(C(=O)CCn3cncn3)C2)CCC1=O. The van der Waals surface area contributed by atoms with Gasteiger partial charge in [-0.2, -0.15) is 5.10 Å². The number of methoxy groups -OCH3 is 1. The Morgan fingerprint density at radius 2 is 2.20 bits per heavy atom. The summed E-state index contributed by atoms with van der Waals surface area (Å²) in [5, 5.41) is 4.04. The Morgan fingerprint density at radius 1 is 1.32 bits per heavy atom. The number of aromatic nitrogens is 3. The maximum absolute atomic E-state index is 12.6. The predicted molar refractivity (Wildman–Crippen MR) is 90.6 cm³/mol. The Bertz CT molecular complexity index is 591. The van der Waals surface area contributed by atoms with Crippen molar-refractivity contribution < 1.29 is 14.3 Å². The molecular formula is C17H27N5O3. The first kappa shape index (κ1) is 17.8. The summed E-state index contributed by atoms with van der Waals surface area (Å²) >= 11 is 0. The van der Waals surface area contributed by atoms with Gasteiger partial charge >= 0.3 is 0 Å². The highest BCUT2D eigenvalue weighted by Gasteiger charge is 2.42. The molecule has 25 heavy (non-hydrogen) atoms. The standard InChI is InChI=1S/C17H27N5O3/c1-25-10-9-21-12-17(6-3-15(21)23)5-2-7-20(11-17)16(24)4-8-22-14-18-13-19-22/h13-14H,2-12H2,1H3/t17-/m0/s1. The number of hydrogen-bond donors (Lipinski definition) is 0. The van der Waals surface area contributed by atoms with Crippen molar-refractivity contribution in [2.24, 2.45) is 5.41 Å². The molecule has 1 atom stereocenters. The zero-order valence-electron chi connectivity index (χ0n) is 14.9. The number of hydrogen-bond acceptors (Lipinski definition) is 5. The van der Waals surface area contributed by atoms with Gasteiger partial charge in [-0.3, -0.25) is 14.3 Å². The molecule has 0 N–H and O–H groups in total. The third-order valence-electron chi connectivity index (χ3n) is 5.35. The molecule has 1 spiro atoms. The van der Waals surface area contributed by atoms with E-state index in [1.807, 2.05) is 9.80 Å². The zero-order chi connectivity index (χ0) is 17.7. The van der Waals surface area contributed by atoms with Crippen LogP contribution in [0.4, 0.5) is 0 Å². The molecule has 3 heterocycles. The van der Waals surface area contributed by atoms with Crippen LogP contribution >= 0.6 is 0 Å². The molecule has 0 radical (unpaired) electrons. The first-order valence-corrected chi connectivity index (χ1v) is 8.99. The van der Waals surface area contributed by atoms with Gasteiger partial charge in [-0.05, 0) is 19.3 Å². The van der Waals surface area contributed by atoms with Crippen molar-refractivity contribution in [2.45, 2.75) is 38.6 Å². The summed E-state index contributed by atoms with van der Waals surface area (Å²) in [6.45, 7) is 4.05. The largest absolute Gasteiger partial charge is 0.383 e. The fraction of sp³-hybridized carbons (Fsp3) is 0.765. The van der Waals surface area contributed by atoms with Crippen molar-refractivity contribution in [3.05, 3.63) is 12.7 Å². The summed E-state index contributed by atoms with van der Waals surface area (Å²) in [5.74, 6) is 0.368. The van der Waals surface area contributed by atoms with E-state index in [9.17, 15) is 9.59 Å². The predicted octanol–water partition coefficient (Wildman–Crippen LogP) is 0.546. The normalized spacial score (nSPS) is 24.1. The Morgan fingerprint density at radius 3 is 2.96 bits per heavy atom. The van der Waals surface area contributed by atoms with Crippen molar-refractivity contribution in [3.63, 3.8) is 0 Å². The molecular weight excluding hydrogens is 322 g/mol. The highest BCUT2D eigenvalue weighted by atomic mass is 16.5. The lowest BCUT2D eigenvalue weighted by Gasteiger charge is -2.48. The smallest absolute Gasteiger partial charge is 0.224 e. The number of aryl methyl sites for hydroxylation is 1. The van der Waals surface area contributed by atoms with E-state index in [0.29, 0.717) is 32.5 Å².